The fourth-order valence-electron chi connectivity index (χ4n) is 1.86. The molecule has 0 amide bonds. The molecule has 0 bridgehead atoms. The van der Waals surface area contributed by atoms with Crippen LogP contribution in [0.5, 0.6) is 0 Å². The number of aromatic nitrogens is 2. The van der Waals surface area contributed by atoms with E-state index in [1.807, 2.05) is 0 Å². The van der Waals surface area contributed by atoms with E-state index in [2.05, 4.69) is 16.9 Å². The largest absolute Gasteiger partial charge is 0.381 e. The first-order valence-corrected chi connectivity index (χ1v) is 4.90. The van der Waals surface area contributed by atoms with Crippen molar-refractivity contribution in [2.75, 3.05) is 13.2 Å². The van der Waals surface area contributed by atoms with Gasteiger partial charge in [-0.3, -0.25) is 4.79 Å². The van der Waals surface area contributed by atoms with Crippen molar-refractivity contribution in [3.8, 4) is 0 Å². The van der Waals surface area contributed by atoms with E-state index in [0.717, 1.165) is 25.5 Å². The molecule has 0 spiro atoms. The summed E-state index contributed by atoms with van der Waals surface area (Å²) in [6, 6.07) is 1.44. The Balaban J connectivity index is 2.24. The third-order valence-electron chi connectivity index (χ3n) is 2.68. The summed E-state index contributed by atoms with van der Waals surface area (Å²) in [6.45, 7) is 3.63. The Hall–Kier alpha value is -1.16. The standard InChI is InChI=1S/C10H14N2O2/c1-7-6-14-5-3-8(7)10-11-4-2-9(13)12-10/h2,4,7-8H,3,5-6H2,1H3,(H,11,12,13). The number of hydrogen-bond donors (Lipinski definition) is 1. The minimum atomic E-state index is -0.0753. The lowest BCUT2D eigenvalue weighted by Gasteiger charge is -2.27. The lowest BCUT2D eigenvalue weighted by atomic mass is 9.89. The van der Waals surface area contributed by atoms with E-state index in [1.165, 1.54) is 6.07 Å². The first-order valence-electron chi connectivity index (χ1n) is 4.90. The average molecular weight is 194 g/mol. The summed E-state index contributed by atoms with van der Waals surface area (Å²) in [4.78, 5) is 18.1. The fourth-order valence-corrected chi connectivity index (χ4v) is 1.86. The van der Waals surface area contributed by atoms with Crippen molar-refractivity contribution in [3.63, 3.8) is 0 Å². The monoisotopic (exact) mass is 194 g/mol. The minimum Gasteiger partial charge on any atom is -0.381 e. The highest BCUT2D eigenvalue weighted by Gasteiger charge is 2.25. The molecule has 2 rings (SSSR count). The molecule has 14 heavy (non-hydrogen) atoms. The van der Waals surface area contributed by atoms with E-state index in [-0.39, 0.29) is 5.56 Å². The Bertz CT molecular complexity index is 361. The van der Waals surface area contributed by atoms with Gasteiger partial charge in [-0.05, 0) is 12.3 Å². The smallest absolute Gasteiger partial charge is 0.250 e. The van der Waals surface area contributed by atoms with Crippen LogP contribution in [0.25, 0.3) is 0 Å². The van der Waals surface area contributed by atoms with E-state index in [0.29, 0.717) is 11.8 Å². The van der Waals surface area contributed by atoms with Gasteiger partial charge in [0.15, 0.2) is 0 Å². The van der Waals surface area contributed by atoms with Gasteiger partial charge in [0, 0.05) is 31.4 Å². The van der Waals surface area contributed by atoms with Crippen LogP contribution < -0.4 is 5.56 Å². The van der Waals surface area contributed by atoms with E-state index < -0.39 is 0 Å². The van der Waals surface area contributed by atoms with Crippen molar-refractivity contribution in [2.24, 2.45) is 5.92 Å². The maximum atomic E-state index is 11.1. The van der Waals surface area contributed by atoms with Crippen LogP contribution in [-0.4, -0.2) is 23.2 Å². The summed E-state index contributed by atoms with van der Waals surface area (Å²) in [6.07, 6.45) is 2.50. The van der Waals surface area contributed by atoms with Crippen molar-refractivity contribution in [1.29, 1.82) is 0 Å². The van der Waals surface area contributed by atoms with Crippen LogP contribution in [-0.2, 0) is 4.74 Å². The van der Waals surface area contributed by atoms with Crippen LogP contribution in [0.2, 0.25) is 0 Å². The molecule has 4 heteroatoms. The van der Waals surface area contributed by atoms with Gasteiger partial charge in [-0.25, -0.2) is 4.98 Å². The molecule has 1 aliphatic heterocycles. The second-order valence-corrected chi connectivity index (χ2v) is 3.77. The van der Waals surface area contributed by atoms with Gasteiger partial charge in [-0.1, -0.05) is 6.92 Å². The van der Waals surface area contributed by atoms with Gasteiger partial charge >= 0.3 is 0 Å². The summed E-state index contributed by atoms with van der Waals surface area (Å²) in [7, 11) is 0. The maximum Gasteiger partial charge on any atom is 0.250 e. The first-order chi connectivity index (χ1) is 6.77. The third kappa shape index (κ3) is 1.85. The molecular weight excluding hydrogens is 180 g/mol. The predicted octanol–water partition coefficient (Wildman–Crippen LogP) is 0.910. The molecule has 1 N–H and O–H groups in total. The topological polar surface area (TPSA) is 55.0 Å². The normalized spacial score (nSPS) is 27.5. The van der Waals surface area contributed by atoms with Crippen LogP contribution >= 0.6 is 0 Å². The number of nitrogens with one attached hydrogen (secondary N) is 1. The van der Waals surface area contributed by atoms with E-state index in [4.69, 9.17) is 4.74 Å². The molecule has 1 aromatic heterocycles. The quantitative estimate of drug-likeness (QED) is 0.723. The second kappa shape index (κ2) is 3.92. The maximum absolute atomic E-state index is 11.1. The number of aromatic amines is 1. The van der Waals surface area contributed by atoms with Gasteiger partial charge in [0.05, 0.1) is 0 Å². The molecule has 1 fully saturated rings. The van der Waals surface area contributed by atoms with E-state index >= 15 is 0 Å². The lowest BCUT2D eigenvalue weighted by molar-refractivity contribution is 0.0452. The molecule has 0 aromatic carbocycles. The van der Waals surface area contributed by atoms with Gasteiger partial charge in [0.1, 0.15) is 5.82 Å². The van der Waals surface area contributed by atoms with Crippen LogP contribution in [0.4, 0.5) is 0 Å². The Morgan fingerprint density at radius 2 is 2.50 bits per heavy atom. The van der Waals surface area contributed by atoms with Crippen LogP contribution in [0.3, 0.4) is 0 Å². The highest BCUT2D eigenvalue weighted by molar-refractivity contribution is 5.00. The number of H-pyrrole nitrogens is 1. The predicted molar refractivity (Wildman–Crippen MR) is 52.2 cm³/mol. The van der Waals surface area contributed by atoms with Crippen molar-refractivity contribution in [2.45, 2.75) is 19.3 Å². The summed E-state index contributed by atoms with van der Waals surface area (Å²) < 4.78 is 5.34. The van der Waals surface area contributed by atoms with Gasteiger partial charge < -0.3 is 9.72 Å². The van der Waals surface area contributed by atoms with Crippen molar-refractivity contribution in [1.82, 2.24) is 9.97 Å². The van der Waals surface area contributed by atoms with Crippen LogP contribution in [0, 0.1) is 5.92 Å². The summed E-state index contributed by atoms with van der Waals surface area (Å²) in [5.74, 6) is 1.56. The molecule has 4 nitrogen and oxygen atoms in total. The molecule has 0 aliphatic carbocycles. The van der Waals surface area contributed by atoms with Gasteiger partial charge in [-0.15, -0.1) is 0 Å². The molecule has 1 saturated heterocycles. The van der Waals surface area contributed by atoms with Gasteiger partial charge in [0.2, 0.25) is 0 Å². The number of nitrogens with zero attached hydrogens (tertiary/aromatic N) is 1. The van der Waals surface area contributed by atoms with Crippen molar-refractivity contribution >= 4 is 0 Å². The van der Waals surface area contributed by atoms with E-state index in [9.17, 15) is 4.79 Å². The third-order valence-corrected chi connectivity index (χ3v) is 2.68. The Morgan fingerprint density at radius 1 is 1.64 bits per heavy atom. The number of ether oxygens (including phenoxy) is 1. The SMILES string of the molecule is CC1COCCC1c1nccc(=O)[nH]1. The molecule has 76 valence electrons. The summed E-state index contributed by atoms with van der Waals surface area (Å²) in [5.41, 5.74) is -0.0753. The molecule has 2 unspecified atom stereocenters. The molecule has 1 aromatic rings. The highest BCUT2D eigenvalue weighted by Crippen LogP contribution is 2.28. The van der Waals surface area contributed by atoms with E-state index in [1.54, 1.807) is 6.20 Å². The van der Waals surface area contributed by atoms with Crippen molar-refractivity contribution in [3.05, 3.63) is 28.4 Å². The molecule has 2 heterocycles. The second-order valence-electron chi connectivity index (χ2n) is 3.77. The summed E-state index contributed by atoms with van der Waals surface area (Å²) >= 11 is 0. The van der Waals surface area contributed by atoms with Crippen LogP contribution in [0.15, 0.2) is 17.1 Å². The van der Waals surface area contributed by atoms with Crippen LogP contribution in [0.1, 0.15) is 25.1 Å². The zero-order chi connectivity index (χ0) is 9.97. The Labute approximate surface area is 82.3 Å². The summed E-state index contributed by atoms with van der Waals surface area (Å²) in [5, 5.41) is 0. The minimum absolute atomic E-state index is 0.0753. The average Bonchev–Trinajstić information content (AvgIpc) is 2.18. The number of hydrogen-bond acceptors (Lipinski definition) is 3. The molecule has 0 saturated carbocycles. The number of rotatable bonds is 1. The molecule has 1 aliphatic rings. The highest BCUT2D eigenvalue weighted by atomic mass is 16.5. The van der Waals surface area contributed by atoms with Gasteiger partial charge in [-0.2, -0.15) is 0 Å². The van der Waals surface area contributed by atoms with Gasteiger partial charge in [0.25, 0.3) is 5.56 Å². The zero-order valence-corrected chi connectivity index (χ0v) is 8.19. The van der Waals surface area contributed by atoms with Crippen molar-refractivity contribution < 1.29 is 4.74 Å². The molecule has 2 atom stereocenters. The molecular formula is C10H14N2O2. The Kier molecular flexibility index (Phi) is 2.63. The Morgan fingerprint density at radius 3 is 3.21 bits per heavy atom. The molecule has 0 radical (unpaired) electrons. The zero-order valence-electron chi connectivity index (χ0n) is 8.19. The lowest BCUT2D eigenvalue weighted by Crippen LogP contribution is -2.26. The fraction of sp³-hybridized carbons (Fsp3) is 0.600. The first kappa shape index (κ1) is 9.40.